The Hall–Kier alpha value is -3.56. The molecule has 2 N–H and O–H groups in total. The molecule has 8 nitrogen and oxygen atoms in total. The third-order valence-corrected chi connectivity index (χ3v) is 5.03. The minimum atomic E-state index is -2.96. The van der Waals surface area contributed by atoms with Gasteiger partial charge in [-0.05, 0) is 39.3 Å². The number of nitrogens with one attached hydrogen (secondary N) is 1. The molecule has 0 aliphatic carbocycles. The number of hydrogen-bond acceptors (Lipinski definition) is 4. The topological polar surface area (TPSA) is 100 Å². The van der Waals surface area contributed by atoms with Gasteiger partial charge in [0.2, 0.25) is 5.91 Å². The SMILES string of the molecule is C=CC[C@@H](c1cc(-c2c(NC(=O)[C@H](C)C=C)cnn2C(F)F)ccn1)N(C(=O)O)C(C)(C)C. The lowest BCUT2D eigenvalue weighted by Crippen LogP contribution is -2.47. The summed E-state index contributed by atoms with van der Waals surface area (Å²) < 4.78 is 27.9. The van der Waals surface area contributed by atoms with Crippen molar-refractivity contribution in [3.8, 4) is 11.3 Å². The van der Waals surface area contributed by atoms with Crippen LogP contribution in [0.2, 0.25) is 0 Å². The number of anilines is 1. The molecule has 0 unspecified atom stereocenters. The van der Waals surface area contributed by atoms with Crippen LogP contribution in [0.3, 0.4) is 0 Å². The fourth-order valence-electron chi connectivity index (χ4n) is 3.42. The molecule has 0 saturated carbocycles. The van der Waals surface area contributed by atoms with Crippen LogP contribution < -0.4 is 5.32 Å². The second kappa shape index (κ2) is 10.4. The molecule has 178 valence electrons. The highest BCUT2D eigenvalue weighted by Gasteiger charge is 2.34. The zero-order valence-electron chi connectivity index (χ0n) is 19.1. The number of carboxylic acid groups (broad SMARTS) is 1. The van der Waals surface area contributed by atoms with E-state index in [4.69, 9.17) is 0 Å². The lowest BCUT2D eigenvalue weighted by atomic mass is 9.98. The van der Waals surface area contributed by atoms with Crippen LogP contribution in [0.5, 0.6) is 0 Å². The van der Waals surface area contributed by atoms with E-state index in [1.807, 2.05) is 0 Å². The quantitative estimate of drug-likeness (QED) is 0.481. The van der Waals surface area contributed by atoms with Crippen molar-refractivity contribution in [2.24, 2.45) is 5.92 Å². The first-order valence-electron chi connectivity index (χ1n) is 10.3. The third kappa shape index (κ3) is 5.82. The predicted molar refractivity (Wildman–Crippen MR) is 122 cm³/mol. The Morgan fingerprint density at radius 1 is 1.33 bits per heavy atom. The number of alkyl halides is 2. The monoisotopic (exact) mass is 461 g/mol. The van der Waals surface area contributed by atoms with Crippen molar-refractivity contribution in [1.29, 1.82) is 0 Å². The lowest BCUT2D eigenvalue weighted by Gasteiger charge is -2.39. The number of amides is 2. The predicted octanol–water partition coefficient (Wildman–Crippen LogP) is 5.50. The summed E-state index contributed by atoms with van der Waals surface area (Å²) in [6, 6.07) is 2.32. The standard InChI is InChI=1S/C23H29F2N5O3/c1-7-9-18(29(22(32)33)23(4,5)6)16-12-15(10-11-26-16)19-17(13-27-30(19)21(24)25)28-20(31)14(3)8-2/h7-8,10-14,18,21H,1-2,9H2,3-6H3,(H,28,31)(H,32,33)/t14-,18+/m1/s1. The van der Waals surface area contributed by atoms with Gasteiger partial charge in [-0.15, -0.1) is 13.2 Å². The summed E-state index contributed by atoms with van der Waals surface area (Å²) in [5.41, 5.74) is -0.0382. The third-order valence-electron chi connectivity index (χ3n) is 5.03. The number of rotatable bonds is 9. The van der Waals surface area contributed by atoms with Crippen LogP contribution in [0.4, 0.5) is 19.3 Å². The van der Waals surface area contributed by atoms with E-state index in [9.17, 15) is 23.5 Å². The molecule has 0 radical (unpaired) electrons. The second-order valence-electron chi connectivity index (χ2n) is 8.48. The molecule has 0 saturated heterocycles. The number of aromatic nitrogens is 3. The molecule has 2 amide bonds. The van der Waals surface area contributed by atoms with E-state index >= 15 is 0 Å². The van der Waals surface area contributed by atoms with E-state index in [0.29, 0.717) is 15.9 Å². The average molecular weight is 462 g/mol. The summed E-state index contributed by atoms with van der Waals surface area (Å²) in [7, 11) is 0. The number of nitrogens with zero attached hydrogens (tertiary/aromatic N) is 4. The van der Waals surface area contributed by atoms with Gasteiger partial charge in [0.25, 0.3) is 0 Å². The first-order chi connectivity index (χ1) is 15.4. The minimum absolute atomic E-state index is 0.0201. The van der Waals surface area contributed by atoms with Crippen molar-refractivity contribution in [3.05, 3.63) is 55.5 Å². The van der Waals surface area contributed by atoms with Gasteiger partial charge in [-0.1, -0.05) is 19.1 Å². The number of pyridine rings is 1. The summed E-state index contributed by atoms with van der Waals surface area (Å²) in [6.07, 6.45) is 4.68. The first-order valence-corrected chi connectivity index (χ1v) is 10.3. The highest BCUT2D eigenvalue weighted by atomic mass is 19.3. The smallest absolute Gasteiger partial charge is 0.408 e. The highest BCUT2D eigenvalue weighted by molar-refractivity contribution is 5.96. The van der Waals surface area contributed by atoms with Crippen LogP contribution in [-0.2, 0) is 4.79 Å². The first kappa shape index (κ1) is 25.7. The van der Waals surface area contributed by atoms with E-state index in [0.717, 1.165) is 6.20 Å². The minimum Gasteiger partial charge on any atom is -0.465 e. The Bertz CT molecular complexity index is 1030. The molecule has 0 spiro atoms. The van der Waals surface area contributed by atoms with Crippen LogP contribution in [0.1, 0.15) is 52.4 Å². The van der Waals surface area contributed by atoms with Gasteiger partial charge in [0.15, 0.2) is 0 Å². The zero-order valence-corrected chi connectivity index (χ0v) is 19.1. The summed E-state index contributed by atoms with van der Waals surface area (Å²) in [4.78, 5) is 30.0. The number of hydrogen-bond donors (Lipinski definition) is 2. The maximum absolute atomic E-state index is 13.7. The molecule has 10 heteroatoms. The molecule has 0 aliphatic heterocycles. The van der Waals surface area contributed by atoms with Gasteiger partial charge in [0.1, 0.15) is 0 Å². The van der Waals surface area contributed by atoms with E-state index < -0.39 is 36.0 Å². The molecule has 2 heterocycles. The largest absolute Gasteiger partial charge is 0.465 e. The lowest BCUT2D eigenvalue weighted by molar-refractivity contribution is -0.118. The Morgan fingerprint density at radius 3 is 2.52 bits per heavy atom. The van der Waals surface area contributed by atoms with E-state index in [1.54, 1.807) is 33.8 Å². The second-order valence-corrected chi connectivity index (χ2v) is 8.48. The Morgan fingerprint density at radius 2 is 2.00 bits per heavy atom. The maximum atomic E-state index is 13.7. The number of carbonyl (C=O) groups is 2. The van der Waals surface area contributed by atoms with Gasteiger partial charge in [0.05, 0.1) is 35.2 Å². The van der Waals surface area contributed by atoms with Gasteiger partial charge in [-0.3, -0.25) is 14.7 Å². The van der Waals surface area contributed by atoms with Crippen molar-refractivity contribution < 1.29 is 23.5 Å². The molecule has 2 aromatic heterocycles. The van der Waals surface area contributed by atoms with E-state index in [-0.39, 0.29) is 17.8 Å². The van der Waals surface area contributed by atoms with Crippen molar-refractivity contribution in [2.45, 2.75) is 52.2 Å². The van der Waals surface area contributed by atoms with Crippen LogP contribution in [-0.4, -0.2) is 42.3 Å². The van der Waals surface area contributed by atoms with Gasteiger partial charge in [0, 0.05) is 17.3 Å². The molecule has 0 fully saturated rings. The molecule has 0 aliphatic rings. The van der Waals surface area contributed by atoms with Crippen molar-refractivity contribution in [1.82, 2.24) is 19.7 Å². The summed E-state index contributed by atoms with van der Waals surface area (Å²) in [5.74, 6) is -0.975. The molecule has 2 aromatic rings. The van der Waals surface area contributed by atoms with Gasteiger partial charge < -0.3 is 10.4 Å². The maximum Gasteiger partial charge on any atom is 0.408 e. The summed E-state index contributed by atoms with van der Waals surface area (Å²) in [5, 5.41) is 16.2. The molecular weight excluding hydrogens is 432 g/mol. The van der Waals surface area contributed by atoms with Crippen LogP contribution >= 0.6 is 0 Å². The number of carbonyl (C=O) groups excluding carboxylic acids is 1. The van der Waals surface area contributed by atoms with Crippen molar-refractivity contribution >= 4 is 17.7 Å². The molecule has 0 bridgehead atoms. The van der Waals surface area contributed by atoms with Crippen molar-refractivity contribution in [2.75, 3.05) is 5.32 Å². The van der Waals surface area contributed by atoms with E-state index in [1.165, 1.54) is 29.3 Å². The van der Waals surface area contributed by atoms with Gasteiger partial charge in [-0.25, -0.2) is 9.48 Å². The number of halogens is 2. The van der Waals surface area contributed by atoms with E-state index in [2.05, 4.69) is 28.6 Å². The fourth-order valence-corrected chi connectivity index (χ4v) is 3.42. The van der Waals surface area contributed by atoms with Crippen LogP contribution in [0.15, 0.2) is 49.8 Å². The Labute approximate surface area is 191 Å². The van der Waals surface area contributed by atoms with Crippen molar-refractivity contribution in [3.63, 3.8) is 0 Å². The normalized spacial score (nSPS) is 13.3. The van der Waals surface area contributed by atoms with Crippen LogP contribution in [0.25, 0.3) is 11.3 Å². The van der Waals surface area contributed by atoms with Crippen LogP contribution in [0, 0.1) is 5.92 Å². The molecule has 33 heavy (non-hydrogen) atoms. The summed E-state index contributed by atoms with van der Waals surface area (Å²) >= 11 is 0. The molecule has 2 rings (SSSR count). The summed E-state index contributed by atoms with van der Waals surface area (Å²) in [6.45, 7) is 11.2. The Kier molecular flexibility index (Phi) is 8.08. The van der Waals surface area contributed by atoms with Gasteiger partial charge >= 0.3 is 12.6 Å². The highest BCUT2D eigenvalue weighted by Crippen LogP contribution is 2.35. The zero-order chi connectivity index (χ0) is 24.9. The molecular formula is C23H29F2N5O3. The average Bonchev–Trinajstić information content (AvgIpc) is 3.15. The molecule has 2 atom stereocenters. The Balaban J connectivity index is 2.63. The molecule has 0 aromatic carbocycles. The van der Waals surface area contributed by atoms with Gasteiger partial charge in [-0.2, -0.15) is 13.9 Å². The fraction of sp³-hybridized carbons (Fsp3) is 0.391.